The lowest BCUT2D eigenvalue weighted by atomic mass is 10.2. The van der Waals surface area contributed by atoms with Crippen molar-refractivity contribution in [3.63, 3.8) is 0 Å². The highest BCUT2D eigenvalue weighted by molar-refractivity contribution is 5.75. The molecule has 2 N–H and O–H groups in total. The van der Waals surface area contributed by atoms with Crippen molar-refractivity contribution in [2.45, 2.75) is 32.1 Å². The molecule has 0 spiro atoms. The quantitative estimate of drug-likeness (QED) is 0.681. The van der Waals surface area contributed by atoms with E-state index in [4.69, 9.17) is 9.63 Å². The van der Waals surface area contributed by atoms with E-state index in [0.29, 0.717) is 49.5 Å². The second-order valence-electron chi connectivity index (χ2n) is 5.22. The van der Waals surface area contributed by atoms with Gasteiger partial charge in [0, 0.05) is 31.4 Å². The number of carboxylic acids is 1. The number of benzene rings is 1. The second kappa shape index (κ2) is 8.76. The molecule has 2 rings (SSSR count). The van der Waals surface area contributed by atoms with Crippen LogP contribution in [-0.2, 0) is 16.0 Å². The molecule has 1 aromatic carbocycles. The number of aliphatic carboxylic acids is 1. The van der Waals surface area contributed by atoms with Gasteiger partial charge in [-0.25, -0.2) is 4.39 Å². The second-order valence-corrected chi connectivity index (χ2v) is 5.22. The van der Waals surface area contributed by atoms with Gasteiger partial charge in [0.1, 0.15) is 5.82 Å². The van der Waals surface area contributed by atoms with Crippen molar-refractivity contribution in [2.75, 3.05) is 6.54 Å². The van der Waals surface area contributed by atoms with Gasteiger partial charge in [0.15, 0.2) is 0 Å². The van der Waals surface area contributed by atoms with Gasteiger partial charge in [-0.15, -0.1) is 0 Å². The Kier molecular flexibility index (Phi) is 6.41. The van der Waals surface area contributed by atoms with Crippen molar-refractivity contribution in [3.8, 4) is 11.4 Å². The monoisotopic (exact) mass is 335 g/mol. The number of rotatable bonds is 9. The van der Waals surface area contributed by atoms with Crippen LogP contribution >= 0.6 is 0 Å². The summed E-state index contributed by atoms with van der Waals surface area (Å²) in [7, 11) is 0. The van der Waals surface area contributed by atoms with E-state index in [9.17, 15) is 14.0 Å². The van der Waals surface area contributed by atoms with Gasteiger partial charge < -0.3 is 14.9 Å². The highest BCUT2D eigenvalue weighted by atomic mass is 19.1. The average molecular weight is 335 g/mol. The normalized spacial score (nSPS) is 10.5. The third kappa shape index (κ3) is 5.79. The van der Waals surface area contributed by atoms with Crippen LogP contribution in [0.1, 0.15) is 31.6 Å². The zero-order valence-corrected chi connectivity index (χ0v) is 13.0. The summed E-state index contributed by atoms with van der Waals surface area (Å²) in [6, 6.07) is 5.77. The Bertz CT molecular complexity index is 685. The molecule has 1 heterocycles. The third-order valence-corrected chi connectivity index (χ3v) is 3.25. The summed E-state index contributed by atoms with van der Waals surface area (Å²) in [6.45, 7) is 0.348. The molecule has 0 atom stereocenters. The Balaban J connectivity index is 1.70. The first-order valence-electron chi connectivity index (χ1n) is 7.61. The topological polar surface area (TPSA) is 105 Å². The number of carbonyl (C=O) groups is 2. The van der Waals surface area contributed by atoms with E-state index in [-0.39, 0.29) is 18.1 Å². The minimum absolute atomic E-state index is 0.0361. The minimum atomic E-state index is -0.877. The largest absolute Gasteiger partial charge is 0.481 e. The van der Waals surface area contributed by atoms with Gasteiger partial charge in [-0.05, 0) is 37.1 Å². The summed E-state index contributed by atoms with van der Waals surface area (Å²) in [4.78, 5) is 26.1. The summed E-state index contributed by atoms with van der Waals surface area (Å²) >= 11 is 0. The molecule has 0 aliphatic carbocycles. The van der Waals surface area contributed by atoms with Crippen LogP contribution in [0.2, 0.25) is 0 Å². The van der Waals surface area contributed by atoms with Crippen LogP contribution in [0.3, 0.4) is 0 Å². The molecule has 24 heavy (non-hydrogen) atoms. The standard InChI is InChI=1S/C16H18FN3O4/c17-12-8-6-11(7-9-12)16-19-14(24-20-16)4-1-3-13(21)18-10-2-5-15(22)23/h6-9H,1-5,10H2,(H,18,21)(H,22,23). The number of carbonyl (C=O) groups excluding carboxylic acids is 1. The number of halogens is 1. The lowest BCUT2D eigenvalue weighted by Gasteiger charge is -2.02. The van der Waals surface area contributed by atoms with Crippen molar-refractivity contribution in [2.24, 2.45) is 0 Å². The van der Waals surface area contributed by atoms with Crippen molar-refractivity contribution in [3.05, 3.63) is 36.0 Å². The van der Waals surface area contributed by atoms with Gasteiger partial charge >= 0.3 is 5.97 Å². The summed E-state index contributed by atoms with van der Waals surface area (Å²) < 4.78 is 18.0. The molecule has 0 fully saturated rings. The molecule has 0 saturated carbocycles. The van der Waals surface area contributed by atoms with E-state index in [2.05, 4.69) is 15.5 Å². The zero-order valence-electron chi connectivity index (χ0n) is 13.0. The SMILES string of the molecule is O=C(O)CCCNC(=O)CCCc1nc(-c2ccc(F)cc2)no1. The van der Waals surface area contributed by atoms with Gasteiger partial charge in [0.05, 0.1) is 0 Å². The molecule has 7 nitrogen and oxygen atoms in total. The van der Waals surface area contributed by atoms with Crippen LogP contribution in [-0.4, -0.2) is 33.7 Å². The molecular formula is C16H18FN3O4. The van der Waals surface area contributed by atoms with Crippen LogP contribution in [0, 0.1) is 5.82 Å². The number of hydrogen-bond acceptors (Lipinski definition) is 5. The fourth-order valence-electron chi connectivity index (χ4n) is 2.03. The molecule has 0 saturated heterocycles. The molecule has 0 bridgehead atoms. The molecule has 0 aliphatic heterocycles. The first-order valence-corrected chi connectivity index (χ1v) is 7.61. The maximum atomic E-state index is 12.9. The average Bonchev–Trinajstić information content (AvgIpc) is 3.01. The van der Waals surface area contributed by atoms with Gasteiger partial charge in [0.2, 0.25) is 17.6 Å². The molecule has 0 aliphatic rings. The Hall–Kier alpha value is -2.77. The number of aryl methyl sites for hydroxylation is 1. The number of aromatic nitrogens is 2. The lowest BCUT2D eigenvalue weighted by molar-refractivity contribution is -0.137. The first kappa shape index (κ1) is 17.6. The Morgan fingerprint density at radius 2 is 1.92 bits per heavy atom. The fourth-order valence-corrected chi connectivity index (χ4v) is 2.03. The van der Waals surface area contributed by atoms with Crippen molar-refractivity contribution >= 4 is 11.9 Å². The van der Waals surface area contributed by atoms with Gasteiger partial charge in [0.25, 0.3) is 0 Å². The van der Waals surface area contributed by atoms with Gasteiger partial charge in [-0.2, -0.15) is 4.98 Å². The zero-order chi connectivity index (χ0) is 17.4. The predicted octanol–water partition coefficient (Wildman–Crippen LogP) is 2.18. The van der Waals surface area contributed by atoms with E-state index < -0.39 is 5.97 Å². The molecule has 0 radical (unpaired) electrons. The molecule has 2 aromatic rings. The Labute approximate surface area is 137 Å². The fraction of sp³-hybridized carbons (Fsp3) is 0.375. The number of carboxylic acid groups (broad SMARTS) is 1. The summed E-state index contributed by atoms with van der Waals surface area (Å²) in [6.07, 6.45) is 1.73. The van der Waals surface area contributed by atoms with E-state index in [0.717, 1.165) is 0 Å². The van der Waals surface area contributed by atoms with Crippen molar-refractivity contribution < 1.29 is 23.6 Å². The van der Waals surface area contributed by atoms with E-state index >= 15 is 0 Å². The maximum absolute atomic E-state index is 12.9. The smallest absolute Gasteiger partial charge is 0.303 e. The van der Waals surface area contributed by atoms with Gasteiger partial charge in [-0.1, -0.05) is 5.16 Å². The number of amides is 1. The Morgan fingerprint density at radius 1 is 1.17 bits per heavy atom. The number of nitrogens with one attached hydrogen (secondary N) is 1. The van der Waals surface area contributed by atoms with Crippen molar-refractivity contribution in [1.82, 2.24) is 15.5 Å². The summed E-state index contributed by atoms with van der Waals surface area (Å²) in [5.74, 6) is -0.566. The Morgan fingerprint density at radius 3 is 2.62 bits per heavy atom. The van der Waals surface area contributed by atoms with Crippen LogP contribution in [0.15, 0.2) is 28.8 Å². The molecular weight excluding hydrogens is 317 g/mol. The summed E-state index contributed by atoms with van der Waals surface area (Å²) in [5, 5.41) is 15.0. The summed E-state index contributed by atoms with van der Waals surface area (Å²) in [5.41, 5.74) is 0.655. The molecule has 128 valence electrons. The van der Waals surface area contributed by atoms with E-state index in [1.165, 1.54) is 12.1 Å². The molecule has 1 aromatic heterocycles. The third-order valence-electron chi connectivity index (χ3n) is 3.25. The minimum Gasteiger partial charge on any atom is -0.481 e. The van der Waals surface area contributed by atoms with Gasteiger partial charge in [-0.3, -0.25) is 9.59 Å². The van der Waals surface area contributed by atoms with Crippen molar-refractivity contribution in [1.29, 1.82) is 0 Å². The van der Waals surface area contributed by atoms with Crippen LogP contribution in [0.4, 0.5) is 4.39 Å². The molecule has 8 heteroatoms. The predicted molar refractivity (Wildman–Crippen MR) is 82.5 cm³/mol. The highest BCUT2D eigenvalue weighted by Crippen LogP contribution is 2.16. The highest BCUT2D eigenvalue weighted by Gasteiger charge is 2.09. The molecule has 1 amide bonds. The van der Waals surface area contributed by atoms with Crippen LogP contribution < -0.4 is 5.32 Å². The first-order chi connectivity index (χ1) is 11.5. The van der Waals surface area contributed by atoms with Crippen LogP contribution in [0.25, 0.3) is 11.4 Å². The van der Waals surface area contributed by atoms with E-state index in [1.807, 2.05) is 0 Å². The lowest BCUT2D eigenvalue weighted by Crippen LogP contribution is -2.24. The number of hydrogen-bond donors (Lipinski definition) is 2. The number of nitrogens with zero attached hydrogens (tertiary/aromatic N) is 2. The van der Waals surface area contributed by atoms with E-state index in [1.54, 1.807) is 12.1 Å². The van der Waals surface area contributed by atoms with Crippen LogP contribution in [0.5, 0.6) is 0 Å². The maximum Gasteiger partial charge on any atom is 0.303 e. The molecule has 0 unspecified atom stereocenters.